The number of amides is 1. The first kappa shape index (κ1) is 11.3. The first-order chi connectivity index (χ1) is 8.03. The van der Waals surface area contributed by atoms with Crippen LogP contribution in [0.3, 0.4) is 0 Å². The molecule has 0 radical (unpaired) electrons. The summed E-state index contributed by atoms with van der Waals surface area (Å²) in [6, 6.07) is 2.99. The van der Waals surface area contributed by atoms with E-state index in [1.54, 1.807) is 6.07 Å². The van der Waals surface area contributed by atoms with E-state index in [0.29, 0.717) is 25.2 Å². The third-order valence-electron chi connectivity index (χ3n) is 2.83. The maximum Gasteiger partial charge on any atom is 0.311 e. The SMILES string of the molecule is NC(=O)c1ccc(NCC2(C(=O)O)CC2)nn1. The van der Waals surface area contributed by atoms with Crippen LogP contribution in [0.25, 0.3) is 0 Å². The monoisotopic (exact) mass is 236 g/mol. The highest BCUT2D eigenvalue weighted by atomic mass is 16.4. The minimum Gasteiger partial charge on any atom is -0.481 e. The minimum absolute atomic E-state index is 0.0786. The Kier molecular flexibility index (Phi) is 2.66. The fraction of sp³-hybridized carbons (Fsp3) is 0.400. The number of nitrogens with two attached hydrogens (primary N) is 1. The smallest absolute Gasteiger partial charge is 0.311 e. The van der Waals surface area contributed by atoms with Gasteiger partial charge in [0.2, 0.25) is 0 Å². The molecule has 0 spiro atoms. The number of carbonyl (C=O) groups is 2. The Morgan fingerprint density at radius 2 is 2.12 bits per heavy atom. The number of rotatable bonds is 5. The van der Waals surface area contributed by atoms with Crippen LogP contribution in [0.15, 0.2) is 12.1 Å². The van der Waals surface area contributed by atoms with Crippen LogP contribution in [0, 0.1) is 5.41 Å². The van der Waals surface area contributed by atoms with Crippen molar-refractivity contribution >= 4 is 17.7 Å². The summed E-state index contributed by atoms with van der Waals surface area (Å²) in [5.41, 5.74) is 4.43. The molecule has 0 saturated heterocycles. The van der Waals surface area contributed by atoms with Crippen LogP contribution in [0.5, 0.6) is 0 Å². The molecule has 2 rings (SSSR count). The number of aliphatic carboxylic acids is 1. The molecule has 1 aromatic rings. The van der Waals surface area contributed by atoms with E-state index in [1.165, 1.54) is 6.07 Å². The van der Waals surface area contributed by atoms with Gasteiger partial charge < -0.3 is 16.2 Å². The molecule has 1 fully saturated rings. The lowest BCUT2D eigenvalue weighted by Gasteiger charge is -2.10. The quantitative estimate of drug-likeness (QED) is 0.654. The molecule has 1 aromatic heterocycles. The number of aromatic nitrogens is 2. The zero-order valence-corrected chi connectivity index (χ0v) is 9.01. The minimum atomic E-state index is -0.799. The van der Waals surface area contributed by atoms with Crippen molar-refractivity contribution in [2.75, 3.05) is 11.9 Å². The van der Waals surface area contributed by atoms with Crippen molar-refractivity contribution in [3.05, 3.63) is 17.8 Å². The molecule has 1 aliphatic rings. The van der Waals surface area contributed by atoms with Crippen LogP contribution < -0.4 is 11.1 Å². The van der Waals surface area contributed by atoms with E-state index in [0.717, 1.165) is 0 Å². The Hall–Kier alpha value is -2.18. The molecule has 7 heteroatoms. The second-order valence-corrected chi connectivity index (χ2v) is 4.11. The summed E-state index contributed by atoms with van der Waals surface area (Å²) in [6.45, 7) is 0.312. The highest BCUT2D eigenvalue weighted by molar-refractivity contribution is 5.90. The molecule has 1 amide bonds. The first-order valence-electron chi connectivity index (χ1n) is 5.14. The van der Waals surface area contributed by atoms with Gasteiger partial charge in [-0.15, -0.1) is 10.2 Å². The number of anilines is 1. The van der Waals surface area contributed by atoms with Gasteiger partial charge in [-0.25, -0.2) is 0 Å². The zero-order chi connectivity index (χ0) is 12.5. The predicted octanol–water partition coefficient (Wildman–Crippen LogP) is -0.148. The van der Waals surface area contributed by atoms with Crippen molar-refractivity contribution in [2.24, 2.45) is 11.1 Å². The van der Waals surface area contributed by atoms with Gasteiger partial charge in [0.05, 0.1) is 5.41 Å². The summed E-state index contributed by atoms with van der Waals surface area (Å²) in [5, 5.41) is 19.2. The molecule has 0 bridgehead atoms. The van der Waals surface area contributed by atoms with E-state index in [2.05, 4.69) is 15.5 Å². The lowest BCUT2D eigenvalue weighted by atomic mass is 10.1. The van der Waals surface area contributed by atoms with Gasteiger partial charge in [-0.2, -0.15) is 0 Å². The summed E-state index contributed by atoms with van der Waals surface area (Å²) < 4.78 is 0. The van der Waals surface area contributed by atoms with Crippen molar-refractivity contribution in [3.63, 3.8) is 0 Å². The molecule has 0 unspecified atom stereocenters. The lowest BCUT2D eigenvalue weighted by Crippen LogP contribution is -2.25. The van der Waals surface area contributed by atoms with Crippen LogP contribution in [0.2, 0.25) is 0 Å². The number of hydrogen-bond acceptors (Lipinski definition) is 5. The topological polar surface area (TPSA) is 118 Å². The van der Waals surface area contributed by atoms with E-state index in [-0.39, 0.29) is 5.69 Å². The average Bonchev–Trinajstić information content (AvgIpc) is 3.08. The Balaban J connectivity index is 1.96. The number of nitrogens with zero attached hydrogens (tertiary/aromatic N) is 2. The van der Waals surface area contributed by atoms with Gasteiger partial charge in [0.15, 0.2) is 5.69 Å². The largest absolute Gasteiger partial charge is 0.481 e. The Bertz CT molecular complexity index is 453. The van der Waals surface area contributed by atoms with Gasteiger partial charge in [0.25, 0.3) is 5.91 Å². The van der Waals surface area contributed by atoms with E-state index in [1.807, 2.05) is 0 Å². The summed E-state index contributed by atoms with van der Waals surface area (Å²) >= 11 is 0. The van der Waals surface area contributed by atoms with Crippen LogP contribution in [-0.4, -0.2) is 33.7 Å². The summed E-state index contributed by atoms with van der Waals surface area (Å²) in [7, 11) is 0. The Morgan fingerprint density at radius 3 is 2.53 bits per heavy atom. The molecule has 4 N–H and O–H groups in total. The van der Waals surface area contributed by atoms with Crippen LogP contribution in [0.4, 0.5) is 5.82 Å². The van der Waals surface area contributed by atoms with Gasteiger partial charge in [0, 0.05) is 6.54 Å². The summed E-state index contributed by atoms with van der Waals surface area (Å²) in [4.78, 5) is 21.7. The highest BCUT2D eigenvalue weighted by Gasteiger charge is 2.50. The molecule has 90 valence electrons. The number of primary amides is 1. The number of hydrogen-bond donors (Lipinski definition) is 3. The molecule has 1 heterocycles. The number of carboxylic acid groups (broad SMARTS) is 1. The number of nitrogens with one attached hydrogen (secondary N) is 1. The second-order valence-electron chi connectivity index (χ2n) is 4.11. The molecule has 7 nitrogen and oxygen atoms in total. The molecule has 1 aliphatic carbocycles. The molecule has 1 saturated carbocycles. The van der Waals surface area contributed by atoms with E-state index in [9.17, 15) is 9.59 Å². The van der Waals surface area contributed by atoms with Gasteiger partial charge in [0.1, 0.15) is 5.82 Å². The highest BCUT2D eigenvalue weighted by Crippen LogP contribution is 2.45. The van der Waals surface area contributed by atoms with Crippen LogP contribution >= 0.6 is 0 Å². The van der Waals surface area contributed by atoms with Crippen molar-refractivity contribution in [3.8, 4) is 0 Å². The van der Waals surface area contributed by atoms with Gasteiger partial charge in [-0.05, 0) is 25.0 Å². The van der Waals surface area contributed by atoms with Crippen LogP contribution in [-0.2, 0) is 4.79 Å². The van der Waals surface area contributed by atoms with E-state index >= 15 is 0 Å². The molecular formula is C10H12N4O3. The number of carboxylic acids is 1. The lowest BCUT2D eigenvalue weighted by molar-refractivity contribution is -0.142. The molecular weight excluding hydrogens is 224 g/mol. The first-order valence-corrected chi connectivity index (χ1v) is 5.14. The summed E-state index contributed by atoms with van der Waals surface area (Å²) in [5.74, 6) is -1.01. The zero-order valence-electron chi connectivity index (χ0n) is 9.01. The third kappa shape index (κ3) is 2.32. The standard InChI is InChI=1S/C10H12N4O3/c11-8(15)6-1-2-7(14-13-6)12-5-10(3-4-10)9(16)17/h1-2H,3-5H2,(H2,11,15)(H,12,14)(H,16,17). The normalized spacial score (nSPS) is 16.2. The van der Waals surface area contributed by atoms with E-state index < -0.39 is 17.3 Å². The van der Waals surface area contributed by atoms with E-state index in [4.69, 9.17) is 10.8 Å². The Morgan fingerprint density at radius 1 is 1.41 bits per heavy atom. The molecule has 0 atom stereocenters. The molecule has 0 aromatic carbocycles. The third-order valence-corrected chi connectivity index (χ3v) is 2.83. The maximum atomic E-state index is 10.9. The second kappa shape index (κ2) is 4.00. The maximum absolute atomic E-state index is 10.9. The van der Waals surface area contributed by atoms with Crippen molar-refractivity contribution in [2.45, 2.75) is 12.8 Å². The molecule has 0 aliphatic heterocycles. The molecule has 17 heavy (non-hydrogen) atoms. The van der Waals surface area contributed by atoms with Gasteiger partial charge in [-0.1, -0.05) is 0 Å². The average molecular weight is 236 g/mol. The predicted molar refractivity (Wildman–Crippen MR) is 58.3 cm³/mol. The number of carbonyl (C=O) groups excluding carboxylic acids is 1. The van der Waals surface area contributed by atoms with Crippen molar-refractivity contribution < 1.29 is 14.7 Å². The summed E-state index contributed by atoms with van der Waals surface area (Å²) in [6.07, 6.45) is 1.34. The van der Waals surface area contributed by atoms with Gasteiger partial charge in [-0.3, -0.25) is 9.59 Å². The van der Waals surface area contributed by atoms with Gasteiger partial charge >= 0.3 is 5.97 Å². The Labute approximate surface area is 97.0 Å². The fourth-order valence-electron chi connectivity index (χ4n) is 1.43. The fourth-order valence-corrected chi connectivity index (χ4v) is 1.43. The van der Waals surface area contributed by atoms with Crippen molar-refractivity contribution in [1.82, 2.24) is 10.2 Å². The van der Waals surface area contributed by atoms with Crippen LogP contribution in [0.1, 0.15) is 23.3 Å². The van der Waals surface area contributed by atoms with Crippen molar-refractivity contribution in [1.29, 1.82) is 0 Å².